The average Bonchev–Trinajstić information content (AvgIpc) is 2.67. The van der Waals surface area contributed by atoms with Crippen molar-refractivity contribution in [2.75, 3.05) is 32.8 Å². The van der Waals surface area contributed by atoms with E-state index >= 15 is 0 Å². The fourth-order valence-corrected chi connectivity index (χ4v) is 3.01. The predicted octanol–water partition coefficient (Wildman–Crippen LogP) is 1.54. The summed E-state index contributed by atoms with van der Waals surface area (Å²) in [5.74, 6) is 0.515. The Labute approximate surface area is 158 Å². The van der Waals surface area contributed by atoms with E-state index in [4.69, 9.17) is 4.74 Å². The van der Waals surface area contributed by atoms with Crippen LogP contribution in [0.25, 0.3) is 0 Å². The summed E-state index contributed by atoms with van der Waals surface area (Å²) in [6.45, 7) is 6.64. The van der Waals surface area contributed by atoms with Crippen LogP contribution >= 0.6 is 0 Å². The average molecular weight is 368 g/mol. The first-order valence-corrected chi connectivity index (χ1v) is 9.09. The number of hydrogen-bond donors (Lipinski definition) is 1. The Hall–Kier alpha value is -2.80. The first-order chi connectivity index (χ1) is 13.0. The van der Waals surface area contributed by atoms with Gasteiger partial charge in [-0.15, -0.1) is 0 Å². The van der Waals surface area contributed by atoms with E-state index in [9.17, 15) is 9.59 Å². The van der Waals surface area contributed by atoms with Gasteiger partial charge in [-0.25, -0.2) is 9.97 Å². The van der Waals surface area contributed by atoms with Crippen molar-refractivity contribution >= 4 is 11.8 Å². The standard InChI is InChI=1S/C20H24N4O3/c1-14-13-15(2)23-18(22-14)7-8-21-19(25)16-3-5-17(6-4-16)20(26)24-9-11-27-12-10-24/h3-6,13H,7-12H2,1-2H3,(H,21,25). The highest BCUT2D eigenvalue weighted by atomic mass is 16.5. The molecule has 1 aromatic heterocycles. The van der Waals surface area contributed by atoms with Crippen LogP contribution in [-0.4, -0.2) is 59.5 Å². The minimum Gasteiger partial charge on any atom is -0.378 e. The molecule has 1 saturated heterocycles. The fraction of sp³-hybridized carbons (Fsp3) is 0.400. The smallest absolute Gasteiger partial charge is 0.254 e. The zero-order chi connectivity index (χ0) is 19.2. The number of carbonyl (C=O) groups excluding carboxylic acids is 2. The van der Waals surface area contributed by atoms with Gasteiger partial charge in [0.2, 0.25) is 0 Å². The molecule has 7 nitrogen and oxygen atoms in total. The quantitative estimate of drug-likeness (QED) is 0.865. The summed E-state index contributed by atoms with van der Waals surface area (Å²) in [5, 5.41) is 2.87. The van der Waals surface area contributed by atoms with Crippen LogP contribution in [0.1, 0.15) is 37.9 Å². The number of rotatable bonds is 5. The maximum Gasteiger partial charge on any atom is 0.254 e. The minimum atomic E-state index is -0.176. The Bertz CT molecular complexity index is 794. The van der Waals surface area contributed by atoms with Gasteiger partial charge in [-0.2, -0.15) is 0 Å². The molecule has 2 amide bonds. The number of aromatic nitrogens is 2. The van der Waals surface area contributed by atoms with Crippen LogP contribution < -0.4 is 5.32 Å². The number of morpholine rings is 1. The SMILES string of the molecule is Cc1cc(C)nc(CCNC(=O)c2ccc(C(=O)N3CCOCC3)cc2)n1. The molecule has 0 atom stereocenters. The predicted molar refractivity (Wildman–Crippen MR) is 101 cm³/mol. The van der Waals surface area contributed by atoms with E-state index < -0.39 is 0 Å². The first-order valence-electron chi connectivity index (χ1n) is 9.09. The van der Waals surface area contributed by atoms with Gasteiger partial charge in [-0.1, -0.05) is 0 Å². The molecule has 0 bridgehead atoms. The summed E-state index contributed by atoms with van der Waals surface area (Å²) in [7, 11) is 0. The first kappa shape index (κ1) is 19.0. The normalized spacial score (nSPS) is 14.1. The highest BCUT2D eigenvalue weighted by molar-refractivity contribution is 5.97. The summed E-state index contributed by atoms with van der Waals surface area (Å²) < 4.78 is 5.26. The van der Waals surface area contributed by atoms with Crippen LogP contribution in [0.4, 0.5) is 0 Å². The maximum atomic E-state index is 12.4. The van der Waals surface area contributed by atoms with Crippen LogP contribution in [0, 0.1) is 13.8 Å². The van der Waals surface area contributed by atoms with Crippen LogP contribution in [-0.2, 0) is 11.2 Å². The van der Waals surface area contributed by atoms with Gasteiger partial charge in [0.05, 0.1) is 13.2 Å². The van der Waals surface area contributed by atoms with Crippen LogP contribution in [0.15, 0.2) is 30.3 Å². The third kappa shape index (κ3) is 5.10. The topological polar surface area (TPSA) is 84.4 Å². The number of carbonyl (C=O) groups is 2. The summed E-state index contributed by atoms with van der Waals surface area (Å²) in [4.78, 5) is 35.2. The molecule has 0 aliphatic carbocycles. The number of benzene rings is 1. The van der Waals surface area contributed by atoms with Crippen LogP contribution in [0.5, 0.6) is 0 Å². The molecular formula is C20H24N4O3. The molecule has 142 valence electrons. The van der Waals surface area contributed by atoms with E-state index in [1.54, 1.807) is 29.2 Å². The molecule has 2 aromatic rings. The van der Waals surface area contributed by atoms with Crippen molar-refractivity contribution < 1.29 is 14.3 Å². The van der Waals surface area contributed by atoms with E-state index in [-0.39, 0.29) is 11.8 Å². The van der Waals surface area contributed by atoms with Gasteiger partial charge >= 0.3 is 0 Å². The van der Waals surface area contributed by atoms with Gasteiger partial charge in [0, 0.05) is 48.6 Å². The summed E-state index contributed by atoms with van der Waals surface area (Å²) in [5.41, 5.74) is 2.95. The zero-order valence-corrected chi connectivity index (χ0v) is 15.7. The lowest BCUT2D eigenvalue weighted by Gasteiger charge is -2.26. The monoisotopic (exact) mass is 368 g/mol. The van der Waals surface area contributed by atoms with Crippen molar-refractivity contribution in [2.45, 2.75) is 20.3 Å². The molecule has 3 rings (SSSR count). The molecule has 0 unspecified atom stereocenters. The second-order valence-corrected chi connectivity index (χ2v) is 6.55. The fourth-order valence-electron chi connectivity index (χ4n) is 3.01. The third-order valence-corrected chi connectivity index (χ3v) is 4.36. The Balaban J connectivity index is 1.53. The van der Waals surface area contributed by atoms with E-state index in [0.717, 1.165) is 17.2 Å². The molecule has 0 spiro atoms. The van der Waals surface area contributed by atoms with E-state index in [1.165, 1.54) is 0 Å². The van der Waals surface area contributed by atoms with Crippen molar-refractivity contribution in [3.8, 4) is 0 Å². The van der Waals surface area contributed by atoms with E-state index in [0.29, 0.717) is 50.4 Å². The molecule has 1 aromatic carbocycles. The third-order valence-electron chi connectivity index (χ3n) is 4.36. The summed E-state index contributed by atoms with van der Waals surface area (Å²) in [6, 6.07) is 8.66. The van der Waals surface area contributed by atoms with Gasteiger partial charge in [0.15, 0.2) is 0 Å². The molecule has 2 heterocycles. The molecule has 1 aliphatic rings. The van der Waals surface area contributed by atoms with Crippen molar-refractivity contribution in [3.05, 3.63) is 58.7 Å². The summed E-state index contributed by atoms with van der Waals surface area (Å²) >= 11 is 0. The molecule has 0 radical (unpaired) electrons. The molecule has 7 heteroatoms. The highest BCUT2D eigenvalue weighted by Crippen LogP contribution is 2.10. The number of hydrogen-bond acceptors (Lipinski definition) is 5. The van der Waals surface area contributed by atoms with E-state index in [2.05, 4.69) is 15.3 Å². The summed E-state index contributed by atoms with van der Waals surface area (Å²) in [6.07, 6.45) is 0.571. The maximum absolute atomic E-state index is 12.4. The molecular weight excluding hydrogens is 344 g/mol. The molecule has 27 heavy (non-hydrogen) atoms. The van der Waals surface area contributed by atoms with Crippen molar-refractivity contribution in [1.82, 2.24) is 20.2 Å². The van der Waals surface area contributed by atoms with Gasteiger partial charge in [-0.3, -0.25) is 9.59 Å². The molecule has 1 N–H and O–H groups in total. The van der Waals surface area contributed by atoms with Gasteiger partial charge in [0.25, 0.3) is 11.8 Å². The lowest BCUT2D eigenvalue weighted by Crippen LogP contribution is -2.40. The zero-order valence-electron chi connectivity index (χ0n) is 15.7. The number of nitrogens with one attached hydrogen (secondary N) is 1. The molecule has 1 fully saturated rings. The van der Waals surface area contributed by atoms with E-state index in [1.807, 2.05) is 19.9 Å². The number of nitrogens with zero attached hydrogens (tertiary/aromatic N) is 3. The largest absolute Gasteiger partial charge is 0.378 e. The van der Waals surface area contributed by atoms with Crippen molar-refractivity contribution in [3.63, 3.8) is 0 Å². The number of amides is 2. The molecule has 0 saturated carbocycles. The number of aryl methyl sites for hydroxylation is 2. The van der Waals surface area contributed by atoms with Crippen molar-refractivity contribution in [1.29, 1.82) is 0 Å². The van der Waals surface area contributed by atoms with Gasteiger partial charge in [0.1, 0.15) is 5.82 Å². The molecule has 1 aliphatic heterocycles. The van der Waals surface area contributed by atoms with Crippen LogP contribution in [0.3, 0.4) is 0 Å². The Morgan fingerprint density at radius 2 is 1.63 bits per heavy atom. The second-order valence-electron chi connectivity index (χ2n) is 6.55. The number of ether oxygens (including phenoxy) is 1. The second kappa shape index (κ2) is 8.73. The highest BCUT2D eigenvalue weighted by Gasteiger charge is 2.18. The van der Waals surface area contributed by atoms with Crippen molar-refractivity contribution in [2.24, 2.45) is 0 Å². The van der Waals surface area contributed by atoms with Gasteiger partial charge < -0.3 is 15.0 Å². The lowest BCUT2D eigenvalue weighted by molar-refractivity contribution is 0.0303. The van der Waals surface area contributed by atoms with Crippen LogP contribution in [0.2, 0.25) is 0 Å². The Kier molecular flexibility index (Phi) is 6.13. The lowest BCUT2D eigenvalue weighted by atomic mass is 10.1. The van der Waals surface area contributed by atoms with Gasteiger partial charge in [-0.05, 0) is 44.2 Å². The Morgan fingerprint density at radius 1 is 1.04 bits per heavy atom. The minimum absolute atomic E-state index is 0.0303. The Morgan fingerprint density at radius 3 is 2.26 bits per heavy atom.